The van der Waals surface area contributed by atoms with Crippen LogP contribution < -0.4 is 4.31 Å². The molecule has 5 nitrogen and oxygen atoms in total. The summed E-state index contributed by atoms with van der Waals surface area (Å²) in [6.45, 7) is 1.55. The largest absolute Gasteiger partial charge is 0.339 e. The lowest BCUT2D eigenvalue weighted by Gasteiger charge is -2.21. The third-order valence-electron chi connectivity index (χ3n) is 4.77. The van der Waals surface area contributed by atoms with Crippen LogP contribution in [0.5, 0.6) is 0 Å². The minimum atomic E-state index is -3.66. The van der Waals surface area contributed by atoms with Crippen LogP contribution in [0, 0.1) is 0 Å². The lowest BCUT2D eigenvalue weighted by Crippen LogP contribution is -2.32. The molecule has 26 heavy (non-hydrogen) atoms. The Morgan fingerprint density at radius 1 is 0.885 bits per heavy atom. The Balaban J connectivity index is 1.79. The monoisotopic (exact) mass is 372 g/mol. The fourth-order valence-corrected chi connectivity index (χ4v) is 4.36. The van der Waals surface area contributed by atoms with Gasteiger partial charge in [-0.2, -0.15) is 0 Å². The van der Waals surface area contributed by atoms with Gasteiger partial charge in [0.1, 0.15) is 0 Å². The van der Waals surface area contributed by atoms with Crippen molar-refractivity contribution in [1.82, 2.24) is 4.90 Å². The Hall–Kier alpha value is -2.34. The number of anilines is 1. The molecule has 1 saturated heterocycles. The maximum atomic E-state index is 12.8. The second kappa shape index (κ2) is 7.91. The molecule has 0 N–H and O–H groups in total. The van der Waals surface area contributed by atoms with E-state index in [4.69, 9.17) is 0 Å². The summed E-state index contributed by atoms with van der Waals surface area (Å²) in [5, 5.41) is 0. The summed E-state index contributed by atoms with van der Waals surface area (Å²) in [5.41, 5.74) is 1.13. The summed E-state index contributed by atoms with van der Waals surface area (Å²) in [4.78, 5) is 14.7. The molecule has 2 aromatic rings. The number of hydrogen-bond donors (Lipinski definition) is 0. The van der Waals surface area contributed by atoms with E-state index in [1.54, 1.807) is 36.4 Å². The number of carbonyl (C=O) groups excluding carboxylic acids is 1. The summed E-state index contributed by atoms with van der Waals surface area (Å²) < 4.78 is 26.8. The van der Waals surface area contributed by atoms with Crippen LogP contribution in [-0.2, 0) is 10.0 Å². The number of amides is 1. The van der Waals surface area contributed by atoms with Gasteiger partial charge < -0.3 is 4.90 Å². The minimum absolute atomic E-state index is 0.0211. The van der Waals surface area contributed by atoms with Gasteiger partial charge in [0, 0.05) is 25.7 Å². The number of sulfonamides is 1. The average molecular weight is 372 g/mol. The Labute approximate surface area is 155 Å². The van der Waals surface area contributed by atoms with Crippen molar-refractivity contribution in [1.29, 1.82) is 0 Å². The number of benzene rings is 2. The molecule has 0 aromatic heterocycles. The van der Waals surface area contributed by atoms with E-state index in [1.807, 2.05) is 11.0 Å². The fourth-order valence-electron chi connectivity index (χ4n) is 3.16. The molecular weight excluding hydrogens is 348 g/mol. The standard InChI is InChI=1S/C20H24N2O3S/c1-21(18-9-5-4-6-10-18)26(24,25)19-13-11-17(12-14-19)20(23)22-15-7-2-3-8-16-22/h4-6,9-14H,2-3,7-8,15-16H2,1H3. The van der Waals surface area contributed by atoms with Crippen molar-refractivity contribution in [2.45, 2.75) is 30.6 Å². The molecular formula is C20H24N2O3S. The molecule has 1 heterocycles. The van der Waals surface area contributed by atoms with Crippen molar-refractivity contribution in [2.75, 3.05) is 24.4 Å². The highest BCUT2D eigenvalue weighted by atomic mass is 32.2. The van der Waals surface area contributed by atoms with Gasteiger partial charge in [0.15, 0.2) is 0 Å². The number of likely N-dealkylation sites (tertiary alicyclic amines) is 1. The summed E-state index contributed by atoms with van der Waals surface area (Å²) in [6, 6.07) is 15.2. The van der Waals surface area contributed by atoms with Crippen molar-refractivity contribution in [2.24, 2.45) is 0 Å². The molecule has 0 unspecified atom stereocenters. The average Bonchev–Trinajstić information content (AvgIpc) is 2.97. The smallest absolute Gasteiger partial charge is 0.264 e. The molecule has 1 aliphatic rings. The first-order valence-electron chi connectivity index (χ1n) is 8.93. The first kappa shape index (κ1) is 18.5. The number of carbonyl (C=O) groups is 1. The van der Waals surface area contributed by atoms with Gasteiger partial charge in [-0.25, -0.2) is 8.42 Å². The van der Waals surface area contributed by atoms with E-state index in [2.05, 4.69) is 0 Å². The molecule has 0 saturated carbocycles. The minimum Gasteiger partial charge on any atom is -0.339 e. The predicted octanol–water partition coefficient (Wildman–Crippen LogP) is 3.53. The van der Waals surface area contributed by atoms with Crippen LogP contribution in [0.4, 0.5) is 5.69 Å². The quantitative estimate of drug-likeness (QED) is 0.825. The van der Waals surface area contributed by atoms with Gasteiger partial charge in [-0.15, -0.1) is 0 Å². The van der Waals surface area contributed by atoms with Crippen LogP contribution in [0.1, 0.15) is 36.0 Å². The second-order valence-corrected chi connectivity index (χ2v) is 8.51. The number of para-hydroxylation sites is 1. The van der Waals surface area contributed by atoms with Crippen molar-refractivity contribution < 1.29 is 13.2 Å². The highest BCUT2D eigenvalue weighted by molar-refractivity contribution is 7.92. The zero-order chi connectivity index (χ0) is 18.6. The van der Waals surface area contributed by atoms with Crippen LogP contribution >= 0.6 is 0 Å². The molecule has 3 rings (SSSR count). The Kier molecular flexibility index (Phi) is 5.61. The van der Waals surface area contributed by atoms with Gasteiger partial charge in [0.25, 0.3) is 15.9 Å². The molecule has 0 radical (unpaired) electrons. The number of rotatable bonds is 4. The SMILES string of the molecule is CN(c1ccccc1)S(=O)(=O)c1ccc(C(=O)N2CCCCCC2)cc1. The molecule has 1 fully saturated rings. The number of nitrogens with zero attached hydrogens (tertiary/aromatic N) is 2. The maximum Gasteiger partial charge on any atom is 0.264 e. The van der Waals surface area contributed by atoms with Crippen molar-refractivity contribution in [3.05, 3.63) is 60.2 Å². The van der Waals surface area contributed by atoms with E-state index in [1.165, 1.54) is 23.5 Å². The lowest BCUT2D eigenvalue weighted by atomic mass is 10.2. The van der Waals surface area contributed by atoms with Crippen LogP contribution in [-0.4, -0.2) is 39.4 Å². The van der Waals surface area contributed by atoms with Gasteiger partial charge >= 0.3 is 0 Å². The van der Waals surface area contributed by atoms with Crippen molar-refractivity contribution in [3.63, 3.8) is 0 Å². The van der Waals surface area contributed by atoms with Gasteiger partial charge in [0.2, 0.25) is 0 Å². The zero-order valence-corrected chi connectivity index (χ0v) is 15.8. The highest BCUT2D eigenvalue weighted by Gasteiger charge is 2.22. The Morgan fingerprint density at radius 3 is 2.04 bits per heavy atom. The first-order valence-corrected chi connectivity index (χ1v) is 10.4. The van der Waals surface area contributed by atoms with Gasteiger partial charge in [-0.3, -0.25) is 9.10 Å². The maximum absolute atomic E-state index is 12.8. The zero-order valence-electron chi connectivity index (χ0n) is 15.0. The second-order valence-electron chi connectivity index (χ2n) is 6.54. The van der Waals surface area contributed by atoms with Crippen LogP contribution in [0.25, 0.3) is 0 Å². The van der Waals surface area contributed by atoms with E-state index < -0.39 is 10.0 Å². The third kappa shape index (κ3) is 3.90. The van der Waals surface area contributed by atoms with E-state index >= 15 is 0 Å². The van der Waals surface area contributed by atoms with E-state index in [9.17, 15) is 13.2 Å². The predicted molar refractivity (Wildman–Crippen MR) is 103 cm³/mol. The highest BCUT2D eigenvalue weighted by Crippen LogP contribution is 2.22. The van der Waals surface area contributed by atoms with Crippen molar-refractivity contribution in [3.8, 4) is 0 Å². The van der Waals surface area contributed by atoms with Gasteiger partial charge in [0.05, 0.1) is 10.6 Å². The van der Waals surface area contributed by atoms with Gasteiger partial charge in [-0.05, 0) is 49.2 Å². The van der Waals surface area contributed by atoms with E-state index in [0.717, 1.165) is 38.8 Å². The van der Waals surface area contributed by atoms with Gasteiger partial charge in [-0.1, -0.05) is 31.0 Å². The molecule has 6 heteroatoms. The molecule has 0 aliphatic carbocycles. The molecule has 1 aliphatic heterocycles. The lowest BCUT2D eigenvalue weighted by molar-refractivity contribution is 0.0761. The third-order valence-corrected chi connectivity index (χ3v) is 6.57. The Morgan fingerprint density at radius 2 is 1.46 bits per heavy atom. The summed E-state index contributed by atoms with van der Waals surface area (Å²) in [5.74, 6) is -0.0211. The van der Waals surface area contributed by atoms with E-state index in [-0.39, 0.29) is 10.8 Å². The normalized spacial score (nSPS) is 15.3. The molecule has 138 valence electrons. The van der Waals surface area contributed by atoms with Crippen LogP contribution in [0.2, 0.25) is 0 Å². The molecule has 0 bridgehead atoms. The summed E-state index contributed by atoms with van der Waals surface area (Å²) in [7, 11) is -2.13. The fraction of sp³-hybridized carbons (Fsp3) is 0.350. The molecule has 0 atom stereocenters. The molecule has 1 amide bonds. The molecule has 0 spiro atoms. The summed E-state index contributed by atoms with van der Waals surface area (Å²) in [6.07, 6.45) is 4.37. The molecule has 2 aromatic carbocycles. The number of hydrogen-bond acceptors (Lipinski definition) is 3. The first-order chi connectivity index (χ1) is 12.5. The topological polar surface area (TPSA) is 57.7 Å². The van der Waals surface area contributed by atoms with Crippen LogP contribution in [0.15, 0.2) is 59.5 Å². The van der Waals surface area contributed by atoms with Crippen molar-refractivity contribution >= 4 is 21.6 Å². The van der Waals surface area contributed by atoms with Crippen LogP contribution in [0.3, 0.4) is 0 Å². The van der Waals surface area contributed by atoms with E-state index in [0.29, 0.717) is 11.3 Å². The Bertz CT molecular complexity index is 840. The summed E-state index contributed by atoms with van der Waals surface area (Å²) >= 11 is 0.